The molecule has 0 radical (unpaired) electrons. The van der Waals surface area contributed by atoms with E-state index in [2.05, 4.69) is 34.7 Å². The minimum atomic E-state index is -0.0975. The molecule has 1 aliphatic rings. The summed E-state index contributed by atoms with van der Waals surface area (Å²) >= 11 is 3.35. The molecular weight excluding hydrogens is 281 g/mol. The summed E-state index contributed by atoms with van der Waals surface area (Å²) < 4.78 is 14.0. The third-order valence-electron chi connectivity index (χ3n) is 3.41. The summed E-state index contributed by atoms with van der Waals surface area (Å²) in [6.07, 6.45) is 2.37. The van der Waals surface area contributed by atoms with E-state index in [-0.39, 0.29) is 5.82 Å². The van der Waals surface area contributed by atoms with Crippen molar-refractivity contribution in [3.8, 4) is 0 Å². The van der Waals surface area contributed by atoms with Gasteiger partial charge in [0.05, 0.1) is 5.69 Å². The minimum absolute atomic E-state index is 0.0975. The molecule has 1 aliphatic heterocycles. The maximum Gasteiger partial charge on any atom is 0.146 e. The maximum absolute atomic E-state index is 14.0. The van der Waals surface area contributed by atoms with Crippen LogP contribution >= 0.6 is 15.9 Å². The Kier molecular flexibility index (Phi) is 3.76. The number of benzene rings is 1. The van der Waals surface area contributed by atoms with Crippen molar-refractivity contribution in [3.05, 3.63) is 29.6 Å². The smallest absolute Gasteiger partial charge is 0.146 e. The number of alkyl halides is 1. The topological polar surface area (TPSA) is 3.24 Å². The summed E-state index contributed by atoms with van der Waals surface area (Å²) in [7, 11) is 0. The lowest BCUT2D eigenvalue weighted by Crippen LogP contribution is -2.40. The first-order valence-corrected chi connectivity index (χ1v) is 7.23. The van der Waals surface area contributed by atoms with Gasteiger partial charge in [0.15, 0.2) is 0 Å². The standard InChI is InChI=1S/C14H19BrFN/c1-14(2)6-3-7-17(10-14)13-5-4-11(9-15)8-12(13)16/h4-5,8H,3,6-7,9-10H2,1-2H3. The summed E-state index contributed by atoms with van der Waals surface area (Å²) in [6, 6.07) is 5.54. The Labute approximate surface area is 111 Å². The van der Waals surface area contributed by atoms with Gasteiger partial charge in [0.2, 0.25) is 0 Å². The SMILES string of the molecule is CC1(C)CCCN(c2ccc(CBr)cc2F)C1. The van der Waals surface area contributed by atoms with Crippen LogP contribution < -0.4 is 4.90 Å². The second kappa shape index (κ2) is 4.97. The molecule has 0 atom stereocenters. The lowest BCUT2D eigenvalue weighted by Gasteiger charge is -2.39. The van der Waals surface area contributed by atoms with Crippen molar-refractivity contribution in [1.82, 2.24) is 0 Å². The Morgan fingerprint density at radius 1 is 1.41 bits per heavy atom. The van der Waals surface area contributed by atoms with Crippen molar-refractivity contribution < 1.29 is 4.39 Å². The highest BCUT2D eigenvalue weighted by molar-refractivity contribution is 9.08. The minimum Gasteiger partial charge on any atom is -0.369 e. The number of anilines is 1. The molecule has 0 aliphatic carbocycles. The van der Waals surface area contributed by atoms with Gasteiger partial charge in [-0.05, 0) is 36.0 Å². The van der Waals surface area contributed by atoms with Crippen LogP contribution in [0.2, 0.25) is 0 Å². The average molecular weight is 300 g/mol. The Balaban J connectivity index is 2.22. The molecule has 0 unspecified atom stereocenters. The fourth-order valence-corrected chi connectivity index (χ4v) is 2.87. The summed E-state index contributed by atoms with van der Waals surface area (Å²) in [5, 5.41) is 0.704. The zero-order valence-corrected chi connectivity index (χ0v) is 12.1. The van der Waals surface area contributed by atoms with E-state index >= 15 is 0 Å². The molecule has 1 aromatic carbocycles. The molecule has 0 saturated carbocycles. The molecule has 0 aromatic heterocycles. The van der Waals surface area contributed by atoms with Crippen LogP contribution in [0.4, 0.5) is 10.1 Å². The van der Waals surface area contributed by atoms with Crippen molar-refractivity contribution in [2.75, 3.05) is 18.0 Å². The maximum atomic E-state index is 14.0. The van der Waals surface area contributed by atoms with Gasteiger partial charge in [-0.25, -0.2) is 4.39 Å². The van der Waals surface area contributed by atoms with E-state index in [1.165, 1.54) is 6.42 Å². The first-order chi connectivity index (χ1) is 8.02. The fraction of sp³-hybridized carbons (Fsp3) is 0.571. The molecule has 0 N–H and O–H groups in total. The van der Waals surface area contributed by atoms with Gasteiger partial charge >= 0.3 is 0 Å². The average Bonchev–Trinajstić information content (AvgIpc) is 2.27. The molecule has 1 heterocycles. The first kappa shape index (κ1) is 12.9. The number of piperidine rings is 1. The molecule has 0 amide bonds. The van der Waals surface area contributed by atoms with Crippen molar-refractivity contribution in [2.45, 2.75) is 32.0 Å². The van der Waals surface area contributed by atoms with Gasteiger partial charge in [-0.1, -0.05) is 35.8 Å². The molecular formula is C14H19BrFN. The molecule has 1 nitrogen and oxygen atoms in total. The molecule has 3 heteroatoms. The van der Waals surface area contributed by atoms with Crippen LogP contribution in [0.1, 0.15) is 32.3 Å². The zero-order valence-electron chi connectivity index (χ0n) is 10.5. The number of nitrogens with zero attached hydrogens (tertiary/aromatic N) is 1. The second-order valence-electron chi connectivity index (χ2n) is 5.61. The number of rotatable bonds is 2. The predicted octanol–water partition coefficient (Wildman–Crippen LogP) is 4.35. The fourth-order valence-electron chi connectivity index (χ4n) is 2.52. The Bertz CT molecular complexity index is 403. The number of hydrogen-bond donors (Lipinski definition) is 0. The Hall–Kier alpha value is -0.570. The molecule has 0 bridgehead atoms. The highest BCUT2D eigenvalue weighted by atomic mass is 79.9. The second-order valence-corrected chi connectivity index (χ2v) is 6.17. The quantitative estimate of drug-likeness (QED) is 0.734. The predicted molar refractivity (Wildman–Crippen MR) is 74.3 cm³/mol. The molecule has 1 fully saturated rings. The van der Waals surface area contributed by atoms with Crippen LogP contribution in [0.5, 0.6) is 0 Å². The highest BCUT2D eigenvalue weighted by Gasteiger charge is 2.27. The van der Waals surface area contributed by atoms with E-state index in [0.29, 0.717) is 10.7 Å². The summed E-state index contributed by atoms with van der Waals surface area (Å²) in [4.78, 5) is 2.18. The van der Waals surface area contributed by atoms with E-state index in [4.69, 9.17) is 0 Å². The summed E-state index contributed by atoms with van der Waals surface area (Å²) in [6.45, 7) is 6.42. The van der Waals surface area contributed by atoms with Crippen molar-refractivity contribution in [2.24, 2.45) is 5.41 Å². The van der Waals surface area contributed by atoms with Gasteiger partial charge in [0.25, 0.3) is 0 Å². The van der Waals surface area contributed by atoms with Crippen LogP contribution in [-0.2, 0) is 5.33 Å². The first-order valence-electron chi connectivity index (χ1n) is 6.11. The van der Waals surface area contributed by atoms with Crippen molar-refractivity contribution >= 4 is 21.6 Å². The van der Waals surface area contributed by atoms with E-state index in [0.717, 1.165) is 30.8 Å². The van der Waals surface area contributed by atoms with E-state index < -0.39 is 0 Å². The Morgan fingerprint density at radius 2 is 2.18 bits per heavy atom. The van der Waals surface area contributed by atoms with Crippen LogP contribution in [0, 0.1) is 11.2 Å². The molecule has 2 rings (SSSR count). The van der Waals surface area contributed by atoms with E-state index in [9.17, 15) is 4.39 Å². The molecule has 0 spiro atoms. The summed E-state index contributed by atoms with van der Waals surface area (Å²) in [5.74, 6) is -0.0975. The molecule has 1 aromatic rings. The highest BCUT2D eigenvalue weighted by Crippen LogP contribution is 2.33. The van der Waals surface area contributed by atoms with Crippen LogP contribution in [-0.4, -0.2) is 13.1 Å². The summed E-state index contributed by atoms with van der Waals surface area (Å²) in [5.41, 5.74) is 2.03. The van der Waals surface area contributed by atoms with E-state index in [1.54, 1.807) is 6.07 Å². The largest absolute Gasteiger partial charge is 0.369 e. The van der Waals surface area contributed by atoms with Crippen LogP contribution in [0.15, 0.2) is 18.2 Å². The third-order valence-corrected chi connectivity index (χ3v) is 4.06. The molecule has 17 heavy (non-hydrogen) atoms. The van der Waals surface area contributed by atoms with Gasteiger partial charge in [-0.2, -0.15) is 0 Å². The Morgan fingerprint density at radius 3 is 2.76 bits per heavy atom. The van der Waals surface area contributed by atoms with Crippen LogP contribution in [0.3, 0.4) is 0 Å². The van der Waals surface area contributed by atoms with Gasteiger partial charge in [0, 0.05) is 18.4 Å². The van der Waals surface area contributed by atoms with Gasteiger partial charge in [-0.15, -0.1) is 0 Å². The zero-order chi connectivity index (χ0) is 12.5. The van der Waals surface area contributed by atoms with Gasteiger partial charge in [-0.3, -0.25) is 0 Å². The van der Waals surface area contributed by atoms with E-state index in [1.807, 2.05) is 12.1 Å². The number of halogens is 2. The van der Waals surface area contributed by atoms with Crippen molar-refractivity contribution in [3.63, 3.8) is 0 Å². The monoisotopic (exact) mass is 299 g/mol. The number of hydrogen-bond acceptors (Lipinski definition) is 1. The van der Waals surface area contributed by atoms with Crippen LogP contribution in [0.25, 0.3) is 0 Å². The lowest BCUT2D eigenvalue weighted by molar-refractivity contribution is 0.292. The normalized spacial score (nSPS) is 19.4. The van der Waals surface area contributed by atoms with Crippen molar-refractivity contribution in [1.29, 1.82) is 0 Å². The lowest BCUT2D eigenvalue weighted by atomic mass is 9.84. The van der Waals surface area contributed by atoms with Gasteiger partial charge in [0.1, 0.15) is 5.82 Å². The molecule has 1 saturated heterocycles. The molecule has 94 valence electrons. The van der Waals surface area contributed by atoms with Gasteiger partial charge < -0.3 is 4.90 Å². The third kappa shape index (κ3) is 3.01.